The fourth-order valence-electron chi connectivity index (χ4n) is 4.20. The molecule has 0 bridgehead atoms. The zero-order valence-corrected chi connectivity index (χ0v) is 25.1. The van der Waals surface area contributed by atoms with E-state index in [-0.39, 0.29) is 22.8 Å². The Labute approximate surface area is 261 Å². The number of carbonyl (C=O) groups excluding carboxylic acids is 2. The van der Waals surface area contributed by atoms with Crippen LogP contribution in [0.2, 0.25) is 5.02 Å². The standard InChI is InChI=1S/C34H23ClFN3O2S2/c1-21(33(41)38-25-14-10-23(11-15-25)32(40)17-16-26-5-4-18-42-26)43-34-29(20-37)28(27-6-2-3-7-30(27)36)19-31(39-34)22-8-12-24(35)13-9-22/h2-19,21H,1H3,(H,38,41)/b17-16+/t21-/m1/s1. The first-order valence-corrected chi connectivity index (χ1v) is 15.3. The van der Waals surface area contributed by atoms with Crippen molar-refractivity contribution in [2.24, 2.45) is 0 Å². The molecule has 0 radical (unpaired) electrons. The van der Waals surface area contributed by atoms with E-state index in [0.717, 1.165) is 22.2 Å². The number of benzene rings is 3. The average molecular weight is 624 g/mol. The number of thioether (sulfide) groups is 1. The second-order valence-electron chi connectivity index (χ2n) is 9.37. The molecule has 9 heteroatoms. The molecule has 0 saturated heterocycles. The van der Waals surface area contributed by atoms with Gasteiger partial charge in [0.15, 0.2) is 5.78 Å². The van der Waals surface area contributed by atoms with Gasteiger partial charge in [-0.15, -0.1) is 11.3 Å². The van der Waals surface area contributed by atoms with Crippen LogP contribution in [0, 0.1) is 17.1 Å². The zero-order chi connectivity index (χ0) is 30.3. The topological polar surface area (TPSA) is 82.8 Å². The molecule has 0 unspecified atom stereocenters. The van der Waals surface area contributed by atoms with Gasteiger partial charge in [0, 0.05) is 37.8 Å². The lowest BCUT2D eigenvalue weighted by atomic mass is 9.99. The van der Waals surface area contributed by atoms with E-state index in [1.165, 1.54) is 12.1 Å². The molecule has 0 aliphatic carbocycles. The van der Waals surface area contributed by atoms with Crippen molar-refractivity contribution in [3.63, 3.8) is 0 Å². The summed E-state index contributed by atoms with van der Waals surface area (Å²) < 4.78 is 14.9. The minimum absolute atomic E-state index is 0.142. The molecule has 0 aliphatic heterocycles. The Morgan fingerprint density at radius 1 is 1.02 bits per heavy atom. The van der Waals surface area contributed by atoms with Gasteiger partial charge in [0.1, 0.15) is 16.9 Å². The first-order chi connectivity index (χ1) is 20.8. The summed E-state index contributed by atoms with van der Waals surface area (Å²) in [6, 6.07) is 27.6. The SMILES string of the molecule is C[C@@H](Sc1nc(-c2ccc(Cl)cc2)cc(-c2ccccc2F)c1C#N)C(=O)Nc1ccc(C(=O)/C=C/c2cccs2)cc1. The highest BCUT2D eigenvalue weighted by Crippen LogP contribution is 2.37. The molecule has 3 aromatic carbocycles. The van der Waals surface area contributed by atoms with E-state index < -0.39 is 11.1 Å². The number of thiophene rings is 1. The molecular weight excluding hydrogens is 601 g/mol. The molecule has 0 aliphatic rings. The first-order valence-electron chi connectivity index (χ1n) is 13.1. The molecule has 5 rings (SSSR count). The smallest absolute Gasteiger partial charge is 0.237 e. The fraction of sp³-hybridized carbons (Fsp3) is 0.0588. The van der Waals surface area contributed by atoms with Crippen LogP contribution >= 0.6 is 34.7 Å². The molecule has 0 fully saturated rings. The Hall–Kier alpha value is -4.55. The molecule has 5 aromatic rings. The summed E-state index contributed by atoms with van der Waals surface area (Å²) >= 11 is 8.72. The predicted octanol–water partition coefficient (Wildman–Crippen LogP) is 9.16. The number of pyridine rings is 1. The summed E-state index contributed by atoms with van der Waals surface area (Å²) in [5.74, 6) is -0.939. The van der Waals surface area contributed by atoms with E-state index in [0.29, 0.717) is 32.6 Å². The molecule has 1 atom stereocenters. The van der Waals surface area contributed by atoms with Crippen molar-refractivity contribution in [1.82, 2.24) is 4.98 Å². The van der Waals surface area contributed by atoms with Crippen LogP contribution in [0.25, 0.3) is 28.5 Å². The molecule has 0 saturated carbocycles. The third-order valence-corrected chi connectivity index (χ3v) is 8.61. The largest absolute Gasteiger partial charge is 0.325 e. The van der Waals surface area contributed by atoms with Crippen molar-refractivity contribution >= 4 is 58.2 Å². The normalized spacial score (nSPS) is 11.7. The number of nitrogens with zero attached hydrogens (tertiary/aromatic N) is 2. The maximum absolute atomic E-state index is 14.9. The maximum atomic E-state index is 14.9. The number of nitrogens with one attached hydrogen (secondary N) is 1. The second-order valence-corrected chi connectivity index (χ2v) is 12.1. The van der Waals surface area contributed by atoms with Gasteiger partial charge in [0.25, 0.3) is 0 Å². The van der Waals surface area contributed by atoms with Gasteiger partial charge >= 0.3 is 0 Å². The number of rotatable bonds is 9. The minimum atomic E-state index is -0.663. The molecule has 2 aromatic heterocycles. The van der Waals surface area contributed by atoms with Crippen molar-refractivity contribution in [1.29, 1.82) is 5.26 Å². The molecule has 5 nitrogen and oxygen atoms in total. The van der Waals surface area contributed by atoms with E-state index in [2.05, 4.69) is 11.4 Å². The lowest BCUT2D eigenvalue weighted by molar-refractivity contribution is -0.115. The van der Waals surface area contributed by atoms with Crippen LogP contribution in [-0.2, 0) is 4.79 Å². The highest BCUT2D eigenvalue weighted by molar-refractivity contribution is 8.00. The Kier molecular flexibility index (Phi) is 9.48. The van der Waals surface area contributed by atoms with E-state index in [4.69, 9.17) is 16.6 Å². The van der Waals surface area contributed by atoms with E-state index >= 15 is 0 Å². The molecule has 1 N–H and O–H groups in total. The Bertz CT molecular complexity index is 1850. The third-order valence-electron chi connectivity index (χ3n) is 6.44. The van der Waals surface area contributed by atoms with Gasteiger partial charge in [0.05, 0.1) is 16.5 Å². The van der Waals surface area contributed by atoms with Gasteiger partial charge in [-0.25, -0.2) is 9.37 Å². The number of nitriles is 1. The Morgan fingerprint density at radius 2 is 1.77 bits per heavy atom. The highest BCUT2D eigenvalue weighted by Gasteiger charge is 2.22. The summed E-state index contributed by atoms with van der Waals surface area (Å²) in [5.41, 5.74) is 3.07. The molecule has 212 valence electrons. The predicted molar refractivity (Wildman–Crippen MR) is 173 cm³/mol. The van der Waals surface area contributed by atoms with Crippen LogP contribution in [0.4, 0.5) is 10.1 Å². The molecule has 2 heterocycles. The number of ketones is 1. The molecule has 1 amide bonds. The summed E-state index contributed by atoms with van der Waals surface area (Å²) in [4.78, 5) is 31.4. The van der Waals surface area contributed by atoms with Gasteiger partial charge in [0.2, 0.25) is 5.91 Å². The van der Waals surface area contributed by atoms with Gasteiger partial charge in [-0.05, 0) is 79.1 Å². The lowest BCUT2D eigenvalue weighted by Crippen LogP contribution is -2.22. The van der Waals surface area contributed by atoms with Crippen LogP contribution < -0.4 is 5.32 Å². The van der Waals surface area contributed by atoms with Crippen LogP contribution in [0.15, 0.2) is 107 Å². The van der Waals surface area contributed by atoms with Crippen molar-refractivity contribution in [3.05, 3.63) is 129 Å². The molecule has 43 heavy (non-hydrogen) atoms. The maximum Gasteiger partial charge on any atom is 0.237 e. The fourth-order valence-corrected chi connectivity index (χ4v) is 5.87. The number of amides is 1. The monoisotopic (exact) mass is 623 g/mol. The van der Waals surface area contributed by atoms with E-state index in [9.17, 15) is 19.2 Å². The van der Waals surface area contributed by atoms with Gasteiger partial charge in [-0.3, -0.25) is 9.59 Å². The van der Waals surface area contributed by atoms with Gasteiger partial charge < -0.3 is 5.32 Å². The number of halogens is 2. The van der Waals surface area contributed by atoms with E-state index in [1.807, 2.05) is 17.5 Å². The minimum Gasteiger partial charge on any atom is -0.325 e. The zero-order valence-electron chi connectivity index (χ0n) is 22.8. The van der Waals surface area contributed by atoms with Crippen molar-refractivity contribution in [2.45, 2.75) is 17.2 Å². The highest BCUT2D eigenvalue weighted by atomic mass is 35.5. The average Bonchev–Trinajstić information content (AvgIpc) is 3.54. The number of allylic oxidation sites excluding steroid dienone is 1. The number of carbonyl (C=O) groups is 2. The van der Waals surface area contributed by atoms with Crippen molar-refractivity contribution in [2.75, 3.05) is 5.32 Å². The first kappa shape index (κ1) is 29.9. The quantitative estimate of drug-likeness (QED) is 0.101. The summed E-state index contributed by atoms with van der Waals surface area (Å²) in [6.45, 7) is 1.70. The summed E-state index contributed by atoms with van der Waals surface area (Å²) in [6.07, 6.45) is 3.29. The van der Waals surface area contributed by atoms with E-state index in [1.54, 1.807) is 97.1 Å². The number of hydrogen-bond donors (Lipinski definition) is 1. The molecule has 0 spiro atoms. The van der Waals surface area contributed by atoms with Crippen LogP contribution in [0.1, 0.15) is 27.7 Å². The van der Waals surface area contributed by atoms with Gasteiger partial charge in [-0.1, -0.05) is 59.8 Å². The third kappa shape index (κ3) is 7.27. The van der Waals surface area contributed by atoms with Crippen molar-refractivity contribution in [3.8, 4) is 28.5 Å². The van der Waals surface area contributed by atoms with Crippen LogP contribution in [0.5, 0.6) is 0 Å². The number of aromatic nitrogens is 1. The van der Waals surface area contributed by atoms with Crippen LogP contribution in [-0.4, -0.2) is 21.9 Å². The van der Waals surface area contributed by atoms with Crippen LogP contribution in [0.3, 0.4) is 0 Å². The summed E-state index contributed by atoms with van der Waals surface area (Å²) in [5, 5.41) is 15.1. The second kappa shape index (κ2) is 13.6. The number of hydrogen-bond acceptors (Lipinski definition) is 6. The Balaban J connectivity index is 1.38. The Morgan fingerprint density at radius 3 is 2.44 bits per heavy atom. The summed E-state index contributed by atoms with van der Waals surface area (Å²) in [7, 11) is 0. The molecular formula is C34H23ClFN3O2S2. The van der Waals surface area contributed by atoms with Gasteiger partial charge in [-0.2, -0.15) is 5.26 Å². The van der Waals surface area contributed by atoms with Crippen molar-refractivity contribution < 1.29 is 14.0 Å². The lowest BCUT2D eigenvalue weighted by Gasteiger charge is -2.16. The number of anilines is 1.